The van der Waals surface area contributed by atoms with Crippen LogP contribution in [-0.2, 0) is 9.84 Å². The molecule has 0 unspecified atom stereocenters. The molecule has 144 valence electrons. The highest BCUT2D eigenvalue weighted by atomic mass is 32.2. The van der Waals surface area contributed by atoms with Gasteiger partial charge in [-0.05, 0) is 38.1 Å². The molecule has 2 aromatic carbocycles. The van der Waals surface area contributed by atoms with Gasteiger partial charge in [0.05, 0.1) is 9.82 Å². The van der Waals surface area contributed by atoms with E-state index < -0.39 is 14.8 Å². The van der Waals surface area contributed by atoms with Crippen molar-refractivity contribution in [3.05, 3.63) is 63.2 Å². The van der Waals surface area contributed by atoms with Crippen LogP contribution < -0.4 is 10.6 Å². The minimum absolute atomic E-state index is 0.122. The number of anilines is 1. The van der Waals surface area contributed by atoms with Crippen LogP contribution in [0.5, 0.6) is 0 Å². The molecule has 1 amide bonds. The molecule has 2 N–H and O–H groups in total. The number of sulfone groups is 1. The average Bonchev–Trinajstić information content (AvgIpc) is 2.56. The molecule has 2 rings (SSSR count). The van der Waals surface area contributed by atoms with Gasteiger partial charge in [0.1, 0.15) is 5.69 Å². The molecule has 0 spiro atoms. The Balaban J connectivity index is 2.00. The number of carbonyl (C=O) groups is 1. The largest absolute Gasteiger partial charge is 0.378 e. The van der Waals surface area contributed by atoms with Crippen LogP contribution in [-0.4, -0.2) is 38.6 Å². The Bertz CT molecular complexity index is 966. The second-order valence-electron chi connectivity index (χ2n) is 6.27. The molecule has 0 aliphatic carbocycles. The second-order valence-corrected chi connectivity index (χ2v) is 8.28. The number of aryl methyl sites for hydroxylation is 2. The third-order valence-electron chi connectivity index (χ3n) is 3.80. The van der Waals surface area contributed by atoms with Crippen LogP contribution >= 0.6 is 0 Å². The molecule has 8 nitrogen and oxygen atoms in total. The molecule has 0 saturated heterocycles. The van der Waals surface area contributed by atoms with Gasteiger partial charge in [-0.1, -0.05) is 17.2 Å². The highest BCUT2D eigenvalue weighted by Gasteiger charge is 2.18. The van der Waals surface area contributed by atoms with Crippen LogP contribution in [0, 0.1) is 24.0 Å². The van der Waals surface area contributed by atoms with Gasteiger partial charge in [0, 0.05) is 31.0 Å². The van der Waals surface area contributed by atoms with Gasteiger partial charge < -0.3 is 10.6 Å². The van der Waals surface area contributed by atoms with Crippen LogP contribution in [0.2, 0.25) is 0 Å². The zero-order valence-corrected chi connectivity index (χ0v) is 16.1. The predicted octanol–water partition coefficient (Wildman–Crippen LogP) is 2.46. The van der Waals surface area contributed by atoms with E-state index in [0.717, 1.165) is 23.4 Å². The van der Waals surface area contributed by atoms with E-state index in [1.807, 2.05) is 19.9 Å². The van der Waals surface area contributed by atoms with Crippen LogP contribution in [0.4, 0.5) is 11.4 Å². The lowest BCUT2D eigenvalue weighted by Gasteiger charge is -2.10. The van der Waals surface area contributed by atoms with E-state index >= 15 is 0 Å². The third-order valence-corrected chi connectivity index (χ3v) is 4.91. The number of carbonyl (C=O) groups excluding carboxylic acids is 1. The first-order chi connectivity index (χ1) is 12.6. The molecule has 0 saturated carbocycles. The van der Waals surface area contributed by atoms with E-state index in [9.17, 15) is 23.3 Å². The van der Waals surface area contributed by atoms with Gasteiger partial charge in [-0.2, -0.15) is 0 Å². The summed E-state index contributed by atoms with van der Waals surface area (Å²) in [7, 11) is -3.54. The summed E-state index contributed by atoms with van der Waals surface area (Å²) >= 11 is 0. The number of nitro benzene ring substituents is 1. The van der Waals surface area contributed by atoms with Crippen molar-refractivity contribution < 1.29 is 18.1 Å². The van der Waals surface area contributed by atoms with Gasteiger partial charge in [-0.25, -0.2) is 8.42 Å². The van der Waals surface area contributed by atoms with Gasteiger partial charge >= 0.3 is 0 Å². The lowest BCUT2D eigenvalue weighted by atomic mass is 10.1. The molecule has 0 fully saturated rings. The summed E-state index contributed by atoms with van der Waals surface area (Å²) in [6, 6.07) is 9.21. The number of nitrogens with zero attached hydrogens (tertiary/aromatic N) is 1. The first-order valence-electron chi connectivity index (χ1n) is 8.17. The van der Waals surface area contributed by atoms with Gasteiger partial charge in [0.15, 0.2) is 9.84 Å². The van der Waals surface area contributed by atoms with Crippen LogP contribution in [0.25, 0.3) is 0 Å². The Morgan fingerprint density at radius 1 is 1.07 bits per heavy atom. The predicted molar refractivity (Wildman–Crippen MR) is 103 cm³/mol. The number of benzene rings is 2. The maximum atomic E-state index is 12.2. The minimum Gasteiger partial charge on any atom is -0.378 e. The molecule has 0 radical (unpaired) electrons. The zero-order chi connectivity index (χ0) is 20.2. The van der Waals surface area contributed by atoms with Gasteiger partial charge in [0.25, 0.3) is 11.6 Å². The lowest BCUT2D eigenvalue weighted by molar-refractivity contribution is -0.384. The fourth-order valence-corrected chi connectivity index (χ4v) is 3.26. The zero-order valence-electron chi connectivity index (χ0n) is 15.3. The molecular weight excluding hydrogens is 370 g/mol. The summed E-state index contributed by atoms with van der Waals surface area (Å²) in [5.41, 5.74) is 2.38. The Kier molecular flexibility index (Phi) is 6.17. The van der Waals surface area contributed by atoms with Crippen LogP contribution in [0.15, 0.2) is 41.3 Å². The van der Waals surface area contributed by atoms with E-state index in [2.05, 4.69) is 10.6 Å². The van der Waals surface area contributed by atoms with E-state index in [1.165, 1.54) is 12.1 Å². The number of rotatable bonds is 7. The van der Waals surface area contributed by atoms with E-state index in [-0.39, 0.29) is 35.3 Å². The summed E-state index contributed by atoms with van der Waals surface area (Å²) < 4.78 is 23.1. The second kappa shape index (κ2) is 8.17. The summed E-state index contributed by atoms with van der Waals surface area (Å²) in [6.07, 6.45) is 0.988. The fourth-order valence-electron chi connectivity index (χ4n) is 2.62. The average molecular weight is 391 g/mol. The van der Waals surface area contributed by atoms with E-state index in [1.54, 1.807) is 12.1 Å². The highest BCUT2D eigenvalue weighted by molar-refractivity contribution is 7.90. The monoisotopic (exact) mass is 391 g/mol. The number of nitro groups is 1. The summed E-state index contributed by atoms with van der Waals surface area (Å²) in [5, 5.41) is 16.8. The Hall–Kier alpha value is -2.94. The van der Waals surface area contributed by atoms with E-state index in [0.29, 0.717) is 5.56 Å². The van der Waals surface area contributed by atoms with Crippen molar-refractivity contribution in [3.8, 4) is 0 Å². The molecule has 27 heavy (non-hydrogen) atoms. The summed E-state index contributed by atoms with van der Waals surface area (Å²) in [6.45, 7) is 4.31. The van der Waals surface area contributed by atoms with Crippen molar-refractivity contribution in [2.45, 2.75) is 18.7 Å². The normalized spacial score (nSPS) is 11.1. The SMILES string of the molecule is Cc1cc(C)cc(C(=O)NCCNc2ccc(S(C)(=O)=O)cc2[N+](=O)[O-])c1. The van der Waals surface area contributed by atoms with Gasteiger partial charge in [-0.15, -0.1) is 0 Å². The number of nitrogens with one attached hydrogen (secondary N) is 2. The van der Waals surface area contributed by atoms with Crippen molar-refractivity contribution in [2.75, 3.05) is 24.7 Å². The molecule has 0 aromatic heterocycles. The molecule has 0 aliphatic rings. The number of hydrogen-bond donors (Lipinski definition) is 2. The molecule has 0 aliphatic heterocycles. The molecule has 0 heterocycles. The molecule has 0 bridgehead atoms. The quantitative estimate of drug-likeness (QED) is 0.425. The van der Waals surface area contributed by atoms with Crippen molar-refractivity contribution >= 4 is 27.1 Å². The van der Waals surface area contributed by atoms with Gasteiger partial charge in [0.2, 0.25) is 0 Å². The van der Waals surface area contributed by atoms with Crippen molar-refractivity contribution in [1.29, 1.82) is 0 Å². The van der Waals surface area contributed by atoms with Crippen LogP contribution in [0.3, 0.4) is 0 Å². The topological polar surface area (TPSA) is 118 Å². The molecule has 0 atom stereocenters. The maximum Gasteiger partial charge on any atom is 0.293 e. The molecule has 2 aromatic rings. The Morgan fingerprint density at radius 2 is 1.70 bits per heavy atom. The summed E-state index contributed by atoms with van der Waals surface area (Å²) in [4.78, 5) is 22.6. The number of hydrogen-bond acceptors (Lipinski definition) is 6. The number of amides is 1. The standard InChI is InChI=1S/C18H21N3O5S/c1-12-8-13(2)10-14(9-12)18(22)20-7-6-19-16-5-4-15(27(3,25)26)11-17(16)21(23)24/h4-5,8-11,19H,6-7H2,1-3H3,(H,20,22). The molecular formula is C18H21N3O5S. The van der Waals surface area contributed by atoms with Gasteiger partial charge in [-0.3, -0.25) is 14.9 Å². The first kappa shape index (κ1) is 20.4. The van der Waals surface area contributed by atoms with Crippen molar-refractivity contribution in [3.63, 3.8) is 0 Å². The molecule has 9 heteroatoms. The third kappa shape index (κ3) is 5.52. The van der Waals surface area contributed by atoms with Crippen molar-refractivity contribution in [2.24, 2.45) is 0 Å². The summed E-state index contributed by atoms with van der Waals surface area (Å²) in [5.74, 6) is -0.231. The minimum atomic E-state index is -3.54. The van der Waals surface area contributed by atoms with E-state index in [4.69, 9.17) is 0 Å². The van der Waals surface area contributed by atoms with Crippen molar-refractivity contribution in [1.82, 2.24) is 5.32 Å². The van der Waals surface area contributed by atoms with Crippen LogP contribution in [0.1, 0.15) is 21.5 Å². The highest BCUT2D eigenvalue weighted by Crippen LogP contribution is 2.27. The fraction of sp³-hybridized carbons (Fsp3) is 0.278. The smallest absolute Gasteiger partial charge is 0.293 e. The maximum absolute atomic E-state index is 12.2. The lowest BCUT2D eigenvalue weighted by Crippen LogP contribution is -2.29. The Morgan fingerprint density at radius 3 is 2.26 bits per heavy atom. The Labute approximate surface area is 157 Å². The first-order valence-corrected chi connectivity index (χ1v) is 10.1.